The fourth-order valence-corrected chi connectivity index (χ4v) is 5.55. The summed E-state index contributed by atoms with van der Waals surface area (Å²) in [6.07, 6.45) is -6.10. The monoisotopic (exact) mass is 788 g/mol. The smallest absolute Gasteiger partial charge is 0.421 e. The summed E-state index contributed by atoms with van der Waals surface area (Å²) in [7, 11) is 0. The normalized spacial score (nSPS) is 12.3. The van der Waals surface area contributed by atoms with Gasteiger partial charge in [0.05, 0.1) is 11.4 Å². The Labute approximate surface area is 313 Å². The number of benzene rings is 4. The molecule has 0 fully saturated rings. The number of alkyl carbamates (subject to hydrolysis) is 1. The van der Waals surface area contributed by atoms with Crippen LogP contribution in [0.25, 0.3) is 0 Å². The third-order valence-corrected chi connectivity index (χ3v) is 8.66. The first-order valence-corrected chi connectivity index (χ1v) is 17.5. The van der Waals surface area contributed by atoms with Crippen LogP contribution in [0.15, 0.2) is 115 Å². The maximum absolute atomic E-state index is 14.9. The summed E-state index contributed by atoms with van der Waals surface area (Å²) in [5, 5.41) is 23.0. The van der Waals surface area contributed by atoms with Gasteiger partial charge in [-0.05, 0) is 47.2 Å². The van der Waals surface area contributed by atoms with E-state index in [1.54, 1.807) is 91.0 Å². The summed E-state index contributed by atoms with van der Waals surface area (Å²) >= 11 is 3.03. The van der Waals surface area contributed by atoms with Crippen LogP contribution in [0.5, 0.6) is 5.75 Å². The lowest BCUT2D eigenvalue weighted by Gasteiger charge is -2.38. The largest absolute Gasteiger partial charge is 0.508 e. The summed E-state index contributed by atoms with van der Waals surface area (Å²) < 4.78 is 16.2. The number of phenols is 1. The molecule has 2 atom stereocenters. The number of carbonyl (C=O) groups excluding carboxylic acids is 5. The Morgan fingerprint density at radius 2 is 1.11 bits per heavy atom. The van der Waals surface area contributed by atoms with Crippen LogP contribution >= 0.6 is 15.9 Å². The van der Waals surface area contributed by atoms with Crippen LogP contribution in [0.4, 0.5) is 14.4 Å². The fourth-order valence-electron chi connectivity index (χ4n) is 5.27. The second-order valence-corrected chi connectivity index (χ2v) is 12.3. The maximum atomic E-state index is 14.9. The Morgan fingerprint density at radius 1 is 0.660 bits per heavy atom. The van der Waals surface area contributed by atoms with Crippen molar-refractivity contribution in [3.05, 3.63) is 138 Å². The van der Waals surface area contributed by atoms with E-state index in [4.69, 9.17) is 14.2 Å². The first-order valence-electron chi connectivity index (χ1n) is 16.4. The molecule has 4 rings (SSSR count). The van der Waals surface area contributed by atoms with Crippen molar-refractivity contribution in [2.75, 3.05) is 5.33 Å². The minimum absolute atomic E-state index is 0.0614. The standard InChI is InChI=1S/C39H37BrN2O11/c40-23-32(44)20-21-39(35(46)47,42(37(49)52-25-29-12-6-2-7-13-29)38(50)53-26-30-14-8-3-9-15-30)34(45)33(22-27-16-18-31(43)19-17-27)41-36(48)51-24-28-10-4-1-5-11-28/h1-19,33,43H,20-26H2,(H,41,48)(H,46,47)/t33-,39+/m0/s1. The highest BCUT2D eigenvalue weighted by Gasteiger charge is 2.59. The second-order valence-electron chi connectivity index (χ2n) is 11.7. The van der Waals surface area contributed by atoms with E-state index in [0.717, 1.165) is 0 Å². The van der Waals surface area contributed by atoms with E-state index < -0.39 is 73.5 Å². The lowest BCUT2D eigenvalue weighted by atomic mass is 9.81. The van der Waals surface area contributed by atoms with Crippen LogP contribution in [0, 0.1) is 0 Å². The summed E-state index contributed by atoms with van der Waals surface area (Å²) in [6.45, 7) is -1.05. The molecule has 0 aromatic heterocycles. The predicted octanol–water partition coefficient (Wildman–Crippen LogP) is 6.34. The summed E-state index contributed by atoms with van der Waals surface area (Å²) in [5.74, 6) is -4.00. The van der Waals surface area contributed by atoms with Crippen LogP contribution in [-0.2, 0) is 54.8 Å². The number of hydrogen-bond acceptors (Lipinski definition) is 10. The van der Waals surface area contributed by atoms with E-state index in [9.17, 15) is 39.0 Å². The fraction of sp³-hybridized carbons (Fsp3) is 0.231. The molecular formula is C39H37BrN2O11. The van der Waals surface area contributed by atoms with Crippen LogP contribution in [-0.4, -0.2) is 67.8 Å². The van der Waals surface area contributed by atoms with Crippen LogP contribution in [0.2, 0.25) is 0 Å². The van der Waals surface area contributed by atoms with E-state index >= 15 is 0 Å². The zero-order valence-electron chi connectivity index (χ0n) is 28.4. The van der Waals surface area contributed by atoms with Gasteiger partial charge in [0.15, 0.2) is 5.78 Å². The Morgan fingerprint density at radius 3 is 1.55 bits per heavy atom. The van der Waals surface area contributed by atoms with Crippen LogP contribution in [0.3, 0.4) is 0 Å². The van der Waals surface area contributed by atoms with E-state index in [2.05, 4.69) is 21.2 Å². The SMILES string of the molecule is O=C(CBr)CC[C@](C(=O)O)(C(=O)[C@H](Cc1ccc(O)cc1)NC(=O)OCc1ccccc1)N(C(=O)OCc1ccccc1)C(=O)OCc1ccccc1. The number of nitrogens with one attached hydrogen (secondary N) is 1. The van der Waals surface area contributed by atoms with Crippen molar-refractivity contribution in [2.24, 2.45) is 0 Å². The van der Waals surface area contributed by atoms with Crippen molar-refractivity contribution in [3.63, 3.8) is 0 Å². The van der Waals surface area contributed by atoms with E-state index in [1.165, 1.54) is 24.3 Å². The average molecular weight is 790 g/mol. The highest BCUT2D eigenvalue weighted by molar-refractivity contribution is 9.09. The van der Waals surface area contributed by atoms with Gasteiger partial charge >= 0.3 is 24.2 Å². The van der Waals surface area contributed by atoms with Gasteiger partial charge in [-0.1, -0.05) is 119 Å². The summed E-state index contributed by atoms with van der Waals surface area (Å²) in [5.41, 5.74) is -1.23. The number of aliphatic carboxylic acids is 1. The molecule has 0 saturated carbocycles. The number of carbonyl (C=O) groups is 6. The number of halogens is 1. The number of carboxylic acid groups (broad SMARTS) is 1. The third-order valence-electron chi connectivity index (χ3n) is 8.03. The molecule has 0 aliphatic rings. The number of Topliss-reactive ketones (excluding diaryl/α,β-unsaturated/α-hetero) is 2. The topological polar surface area (TPSA) is 186 Å². The van der Waals surface area contributed by atoms with Gasteiger partial charge in [-0.15, -0.1) is 0 Å². The quantitative estimate of drug-likeness (QED) is 0.0616. The number of ether oxygens (including phenoxy) is 3. The van der Waals surface area contributed by atoms with Gasteiger partial charge in [0, 0.05) is 6.42 Å². The molecule has 0 aliphatic carbocycles. The molecule has 0 unspecified atom stereocenters. The van der Waals surface area contributed by atoms with Gasteiger partial charge in [-0.25, -0.2) is 19.2 Å². The van der Waals surface area contributed by atoms with E-state index in [-0.39, 0.29) is 29.0 Å². The molecule has 0 aliphatic heterocycles. The van der Waals surface area contributed by atoms with Gasteiger partial charge in [0.2, 0.25) is 5.54 Å². The molecule has 276 valence electrons. The molecule has 3 amide bonds. The number of aromatic hydroxyl groups is 1. The van der Waals surface area contributed by atoms with Crippen molar-refractivity contribution in [1.82, 2.24) is 10.2 Å². The molecule has 4 aromatic rings. The van der Waals surface area contributed by atoms with Crippen molar-refractivity contribution in [1.29, 1.82) is 0 Å². The lowest BCUT2D eigenvalue weighted by Crippen LogP contribution is -2.68. The summed E-state index contributed by atoms with van der Waals surface area (Å²) in [4.78, 5) is 82.4. The van der Waals surface area contributed by atoms with E-state index in [0.29, 0.717) is 22.3 Å². The highest BCUT2D eigenvalue weighted by atomic mass is 79.9. The molecule has 0 saturated heterocycles. The molecule has 13 nitrogen and oxygen atoms in total. The van der Waals surface area contributed by atoms with Crippen molar-refractivity contribution >= 4 is 51.7 Å². The van der Waals surface area contributed by atoms with Crippen LogP contribution in [0.1, 0.15) is 35.1 Å². The Balaban J connectivity index is 1.79. The first kappa shape index (κ1) is 39.8. The van der Waals surface area contributed by atoms with Crippen LogP contribution < -0.4 is 5.32 Å². The summed E-state index contributed by atoms with van der Waals surface area (Å²) in [6, 6.07) is 28.9. The van der Waals surface area contributed by atoms with Crippen molar-refractivity contribution < 1.29 is 53.2 Å². The number of rotatable bonds is 17. The zero-order chi connectivity index (χ0) is 38.2. The molecule has 3 N–H and O–H groups in total. The van der Waals surface area contributed by atoms with Gasteiger partial charge in [0.25, 0.3) is 0 Å². The lowest BCUT2D eigenvalue weighted by molar-refractivity contribution is -0.157. The number of phenolic OH excluding ortho intramolecular Hbond substituents is 1. The molecule has 0 radical (unpaired) electrons. The number of ketones is 2. The maximum Gasteiger partial charge on any atom is 0.421 e. The number of carboxylic acids is 1. The Bertz CT molecular complexity index is 1800. The Kier molecular flexibility index (Phi) is 14.7. The number of imide groups is 1. The van der Waals surface area contributed by atoms with E-state index in [1.807, 2.05) is 0 Å². The first-order chi connectivity index (χ1) is 25.5. The third kappa shape index (κ3) is 11.2. The predicted molar refractivity (Wildman–Crippen MR) is 194 cm³/mol. The molecule has 4 aromatic carbocycles. The van der Waals surface area contributed by atoms with Gasteiger partial charge in [-0.3, -0.25) is 9.59 Å². The van der Waals surface area contributed by atoms with Gasteiger partial charge in [0.1, 0.15) is 31.4 Å². The minimum Gasteiger partial charge on any atom is -0.508 e. The van der Waals surface area contributed by atoms with Gasteiger partial charge < -0.3 is 29.7 Å². The molecule has 0 bridgehead atoms. The van der Waals surface area contributed by atoms with Gasteiger partial charge in [-0.2, -0.15) is 4.90 Å². The molecule has 0 spiro atoms. The minimum atomic E-state index is -3.16. The highest BCUT2D eigenvalue weighted by Crippen LogP contribution is 2.30. The molecule has 0 heterocycles. The van der Waals surface area contributed by atoms with Crippen molar-refractivity contribution in [2.45, 2.75) is 50.7 Å². The molecular weight excluding hydrogens is 752 g/mol. The number of alkyl halides is 1. The number of hydrogen-bond donors (Lipinski definition) is 3. The molecule has 53 heavy (non-hydrogen) atoms. The average Bonchev–Trinajstić information content (AvgIpc) is 3.18. The van der Waals surface area contributed by atoms with Crippen molar-refractivity contribution in [3.8, 4) is 5.75 Å². The number of nitrogens with zero attached hydrogens (tertiary/aromatic N) is 1. The zero-order valence-corrected chi connectivity index (χ0v) is 30.0. The second kappa shape index (κ2) is 19.6. The molecule has 14 heteroatoms. The number of amides is 3. The Hall–Kier alpha value is -6.02.